The molecule has 0 aliphatic carbocycles. The fraction of sp³-hybridized carbons (Fsp3) is 0.364. The number of aliphatic hydroxyl groups is 1. The lowest BCUT2D eigenvalue weighted by Crippen LogP contribution is -2.20. The summed E-state index contributed by atoms with van der Waals surface area (Å²) >= 11 is 0. The van der Waals surface area contributed by atoms with Crippen molar-refractivity contribution < 1.29 is 19.0 Å². The topological polar surface area (TPSA) is 58.6 Å². The molecule has 0 bridgehead atoms. The van der Waals surface area contributed by atoms with Crippen LogP contribution in [0, 0.1) is 5.82 Å². The van der Waals surface area contributed by atoms with Gasteiger partial charge in [-0.05, 0) is 17.7 Å². The van der Waals surface area contributed by atoms with E-state index in [0.29, 0.717) is 5.56 Å². The smallest absolute Gasteiger partial charge is 0.223 e. The number of rotatable bonds is 5. The van der Waals surface area contributed by atoms with Crippen LogP contribution in [0.4, 0.5) is 4.39 Å². The lowest BCUT2D eigenvalue weighted by molar-refractivity contribution is -0.121. The van der Waals surface area contributed by atoms with Crippen LogP contribution >= 0.6 is 0 Å². The van der Waals surface area contributed by atoms with Crippen LogP contribution in [-0.2, 0) is 11.4 Å². The largest absolute Gasteiger partial charge is 0.490 e. The maximum absolute atomic E-state index is 13.3. The van der Waals surface area contributed by atoms with E-state index >= 15 is 0 Å². The molecule has 0 heterocycles. The Hall–Kier alpha value is -1.62. The number of carbonyl (C=O) groups excluding carboxylic acids is 1. The van der Waals surface area contributed by atoms with Crippen molar-refractivity contribution in [2.45, 2.75) is 13.0 Å². The molecular formula is C11H14FNO3. The third-order valence-electron chi connectivity index (χ3n) is 2.04. The van der Waals surface area contributed by atoms with Gasteiger partial charge in [0.15, 0.2) is 11.6 Å². The third-order valence-corrected chi connectivity index (χ3v) is 2.04. The molecule has 1 aromatic rings. The number of amides is 1. The summed E-state index contributed by atoms with van der Waals surface area (Å²) in [6.07, 6.45) is 0.178. The van der Waals surface area contributed by atoms with Crippen molar-refractivity contribution in [3.8, 4) is 5.75 Å². The van der Waals surface area contributed by atoms with Gasteiger partial charge in [0.1, 0.15) is 0 Å². The van der Waals surface area contributed by atoms with Gasteiger partial charge in [-0.2, -0.15) is 0 Å². The molecule has 1 amide bonds. The molecule has 1 rings (SSSR count). The highest BCUT2D eigenvalue weighted by Crippen LogP contribution is 2.18. The number of ether oxygens (including phenoxy) is 1. The molecule has 0 spiro atoms. The van der Waals surface area contributed by atoms with Gasteiger partial charge in [0.05, 0.1) is 19.6 Å². The number of carbonyl (C=O) groups is 1. The Morgan fingerprint density at radius 3 is 2.88 bits per heavy atom. The lowest BCUT2D eigenvalue weighted by atomic mass is 10.2. The van der Waals surface area contributed by atoms with Gasteiger partial charge in [0.25, 0.3) is 0 Å². The van der Waals surface area contributed by atoms with Crippen molar-refractivity contribution in [2.24, 2.45) is 0 Å². The molecule has 2 N–H and O–H groups in total. The highest BCUT2D eigenvalue weighted by molar-refractivity contribution is 5.75. The highest BCUT2D eigenvalue weighted by atomic mass is 19.1. The maximum Gasteiger partial charge on any atom is 0.223 e. The molecule has 0 unspecified atom stereocenters. The van der Waals surface area contributed by atoms with Gasteiger partial charge in [-0.15, -0.1) is 0 Å². The Morgan fingerprint density at radius 1 is 1.56 bits per heavy atom. The van der Waals surface area contributed by atoms with Crippen molar-refractivity contribution in [3.05, 3.63) is 29.6 Å². The first-order valence-electron chi connectivity index (χ1n) is 4.90. The Labute approximate surface area is 93.0 Å². The van der Waals surface area contributed by atoms with E-state index in [4.69, 9.17) is 9.84 Å². The standard InChI is InChI=1S/C11H14FNO3/c1-13-11(15)4-5-16-10-3-2-8(7-14)6-9(10)12/h2-3,6,14H,4-5,7H2,1H3,(H,13,15). The third kappa shape index (κ3) is 3.51. The summed E-state index contributed by atoms with van der Waals surface area (Å²) in [5.41, 5.74) is 0.483. The summed E-state index contributed by atoms with van der Waals surface area (Å²) in [6.45, 7) is -0.0928. The summed E-state index contributed by atoms with van der Waals surface area (Å²) < 4.78 is 18.4. The number of nitrogens with one attached hydrogen (secondary N) is 1. The first kappa shape index (κ1) is 12.4. The van der Waals surface area contributed by atoms with E-state index in [1.54, 1.807) is 6.07 Å². The van der Waals surface area contributed by atoms with Gasteiger partial charge in [0, 0.05) is 7.05 Å². The highest BCUT2D eigenvalue weighted by Gasteiger charge is 2.05. The van der Waals surface area contributed by atoms with Gasteiger partial charge in [0.2, 0.25) is 5.91 Å². The summed E-state index contributed by atoms with van der Waals surface area (Å²) in [5, 5.41) is 11.2. The molecule has 16 heavy (non-hydrogen) atoms. The summed E-state index contributed by atoms with van der Waals surface area (Å²) in [6, 6.07) is 4.21. The van der Waals surface area contributed by atoms with Crippen LogP contribution in [0.25, 0.3) is 0 Å². The number of halogens is 1. The SMILES string of the molecule is CNC(=O)CCOc1ccc(CO)cc1F. The van der Waals surface area contributed by atoms with Gasteiger partial charge < -0.3 is 15.2 Å². The van der Waals surface area contributed by atoms with Crippen LogP contribution in [0.15, 0.2) is 18.2 Å². The normalized spacial score (nSPS) is 9.94. The Bertz CT molecular complexity index is 368. The zero-order chi connectivity index (χ0) is 12.0. The van der Waals surface area contributed by atoms with Crippen molar-refractivity contribution in [3.63, 3.8) is 0 Å². The molecule has 0 fully saturated rings. The minimum Gasteiger partial charge on any atom is -0.490 e. The summed E-state index contributed by atoms with van der Waals surface area (Å²) in [4.78, 5) is 10.9. The molecule has 0 aliphatic heterocycles. The van der Waals surface area contributed by atoms with E-state index in [-0.39, 0.29) is 31.3 Å². The first-order chi connectivity index (χ1) is 7.67. The first-order valence-corrected chi connectivity index (χ1v) is 4.90. The molecule has 0 saturated heterocycles. The maximum atomic E-state index is 13.3. The van der Waals surface area contributed by atoms with Crippen LogP contribution < -0.4 is 10.1 Å². The van der Waals surface area contributed by atoms with Gasteiger partial charge in [-0.3, -0.25) is 4.79 Å². The molecule has 0 aromatic heterocycles. The van der Waals surface area contributed by atoms with Crippen molar-refractivity contribution in [1.82, 2.24) is 5.32 Å². The van der Waals surface area contributed by atoms with Crippen molar-refractivity contribution in [1.29, 1.82) is 0 Å². The van der Waals surface area contributed by atoms with Crippen LogP contribution in [-0.4, -0.2) is 24.7 Å². The van der Waals surface area contributed by atoms with E-state index in [1.165, 1.54) is 19.2 Å². The fourth-order valence-electron chi connectivity index (χ4n) is 1.14. The average molecular weight is 227 g/mol. The number of hydrogen-bond donors (Lipinski definition) is 2. The molecule has 1 aromatic carbocycles. The molecule has 4 nitrogen and oxygen atoms in total. The zero-order valence-corrected chi connectivity index (χ0v) is 9.00. The minimum absolute atomic E-state index is 0.0844. The van der Waals surface area contributed by atoms with Gasteiger partial charge in [-0.25, -0.2) is 4.39 Å². The number of aliphatic hydroxyl groups excluding tert-OH is 1. The molecule has 0 saturated carbocycles. The molecule has 0 radical (unpaired) electrons. The summed E-state index contributed by atoms with van der Waals surface area (Å²) in [5.74, 6) is -0.614. The predicted octanol–water partition coefficient (Wildman–Crippen LogP) is 0.833. The molecule has 0 aliphatic rings. The number of benzene rings is 1. The van der Waals surface area contributed by atoms with E-state index < -0.39 is 5.82 Å². The second-order valence-electron chi connectivity index (χ2n) is 3.19. The Morgan fingerprint density at radius 2 is 2.31 bits per heavy atom. The fourth-order valence-corrected chi connectivity index (χ4v) is 1.14. The van der Waals surface area contributed by atoms with Crippen LogP contribution in [0.3, 0.4) is 0 Å². The van der Waals surface area contributed by atoms with E-state index in [0.717, 1.165) is 0 Å². The second kappa shape index (κ2) is 6.07. The average Bonchev–Trinajstić information content (AvgIpc) is 2.30. The van der Waals surface area contributed by atoms with Crippen LogP contribution in [0.2, 0.25) is 0 Å². The van der Waals surface area contributed by atoms with Crippen LogP contribution in [0.1, 0.15) is 12.0 Å². The van der Waals surface area contributed by atoms with Gasteiger partial charge >= 0.3 is 0 Å². The predicted molar refractivity (Wildman–Crippen MR) is 56.5 cm³/mol. The van der Waals surface area contributed by atoms with Crippen molar-refractivity contribution >= 4 is 5.91 Å². The monoisotopic (exact) mass is 227 g/mol. The minimum atomic E-state index is -0.538. The number of hydrogen-bond acceptors (Lipinski definition) is 3. The molecule has 88 valence electrons. The molecule has 0 atom stereocenters. The summed E-state index contributed by atoms with van der Waals surface area (Å²) in [7, 11) is 1.53. The van der Waals surface area contributed by atoms with Gasteiger partial charge in [-0.1, -0.05) is 6.07 Å². The zero-order valence-electron chi connectivity index (χ0n) is 9.00. The van der Waals surface area contributed by atoms with Crippen LogP contribution in [0.5, 0.6) is 5.75 Å². The molecular weight excluding hydrogens is 213 g/mol. The van der Waals surface area contributed by atoms with E-state index in [9.17, 15) is 9.18 Å². The second-order valence-corrected chi connectivity index (χ2v) is 3.19. The molecule has 5 heteroatoms. The quantitative estimate of drug-likeness (QED) is 0.783. The Balaban J connectivity index is 2.51. The van der Waals surface area contributed by atoms with E-state index in [2.05, 4.69) is 5.32 Å². The van der Waals surface area contributed by atoms with E-state index in [1.807, 2.05) is 0 Å². The lowest BCUT2D eigenvalue weighted by Gasteiger charge is -2.07. The Kier molecular flexibility index (Phi) is 4.72. The van der Waals surface area contributed by atoms with Crippen molar-refractivity contribution in [2.75, 3.05) is 13.7 Å².